The summed E-state index contributed by atoms with van der Waals surface area (Å²) in [6.07, 6.45) is -3.41. The molecule has 0 aliphatic heterocycles. The van der Waals surface area contributed by atoms with Crippen LogP contribution in [-0.2, 0) is 16.0 Å². The fourth-order valence-corrected chi connectivity index (χ4v) is 2.17. The summed E-state index contributed by atoms with van der Waals surface area (Å²) in [6.45, 7) is 2.24. The van der Waals surface area contributed by atoms with E-state index in [2.05, 4.69) is 10.3 Å². The zero-order chi connectivity index (χ0) is 16.3. The van der Waals surface area contributed by atoms with Crippen molar-refractivity contribution >= 4 is 21.5 Å². The van der Waals surface area contributed by atoms with Crippen molar-refractivity contribution in [2.75, 3.05) is 42.4 Å². The molecule has 0 saturated heterocycles. The third kappa shape index (κ3) is 5.78. The number of aromatic nitrogens is 1. The molecule has 0 spiro atoms. The third-order valence-corrected chi connectivity index (χ3v) is 3.61. The quantitative estimate of drug-likeness (QED) is 0.867. The molecule has 0 atom stereocenters. The van der Waals surface area contributed by atoms with E-state index in [1.165, 1.54) is 11.9 Å². The molecule has 0 bridgehead atoms. The van der Waals surface area contributed by atoms with Crippen LogP contribution >= 0.6 is 0 Å². The number of alkyl halides is 3. The van der Waals surface area contributed by atoms with Crippen LogP contribution in [0.15, 0.2) is 12.1 Å². The predicted octanol–water partition coefficient (Wildman–Crippen LogP) is 2.01. The molecule has 0 unspecified atom stereocenters. The van der Waals surface area contributed by atoms with Crippen LogP contribution in [0.5, 0.6) is 0 Å². The van der Waals surface area contributed by atoms with E-state index in [9.17, 15) is 21.6 Å². The molecule has 9 heteroatoms. The maximum atomic E-state index is 12.9. The van der Waals surface area contributed by atoms with E-state index in [0.29, 0.717) is 6.54 Å². The van der Waals surface area contributed by atoms with Gasteiger partial charge in [-0.3, -0.25) is 0 Å². The molecule has 0 radical (unpaired) electrons. The average Bonchev–Trinajstić information content (AvgIpc) is 2.34. The Balaban J connectivity index is 3.07. The Morgan fingerprint density at radius 2 is 1.95 bits per heavy atom. The number of nitrogens with one attached hydrogen (secondary N) is 1. The number of rotatable bonds is 6. The van der Waals surface area contributed by atoms with Gasteiger partial charge >= 0.3 is 6.18 Å². The fraction of sp³-hybridized carbons (Fsp3) is 0.583. The number of pyridine rings is 1. The first-order valence-electron chi connectivity index (χ1n) is 6.25. The summed E-state index contributed by atoms with van der Waals surface area (Å²) in [6, 6.07) is 1.83. The third-order valence-electron chi connectivity index (χ3n) is 2.69. The predicted molar refractivity (Wildman–Crippen MR) is 76.4 cm³/mol. The topological polar surface area (TPSA) is 62.3 Å². The van der Waals surface area contributed by atoms with E-state index in [-0.39, 0.29) is 23.9 Å². The minimum atomic E-state index is -4.49. The number of sulfone groups is 1. The Morgan fingerprint density at radius 3 is 2.43 bits per heavy atom. The summed E-state index contributed by atoms with van der Waals surface area (Å²) in [7, 11) is -1.69. The second-order valence-corrected chi connectivity index (χ2v) is 6.94. The van der Waals surface area contributed by atoms with Crippen molar-refractivity contribution in [3.05, 3.63) is 17.7 Å². The molecule has 0 aromatic carbocycles. The van der Waals surface area contributed by atoms with Gasteiger partial charge < -0.3 is 10.2 Å². The number of hydrogen-bond donors (Lipinski definition) is 1. The monoisotopic (exact) mass is 325 g/mol. The highest BCUT2D eigenvalue weighted by Gasteiger charge is 2.32. The lowest BCUT2D eigenvalue weighted by Crippen LogP contribution is -2.26. The van der Waals surface area contributed by atoms with Crippen molar-refractivity contribution in [2.24, 2.45) is 0 Å². The first kappa shape index (κ1) is 17.5. The van der Waals surface area contributed by atoms with Gasteiger partial charge in [-0.05, 0) is 19.1 Å². The van der Waals surface area contributed by atoms with Gasteiger partial charge in [0.25, 0.3) is 0 Å². The molecule has 1 rings (SSSR count). The van der Waals surface area contributed by atoms with Gasteiger partial charge in [0.15, 0.2) is 0 Å². The van der Waals surface area contributed by atoms with E-state index >= 15 is 0 Å². The van der Waals surface area contributed by atoms with Crippen molar-refractivity contribution in [2.45, 2.75) is 13.1 Å². The van der Waals surface area contributed by atoms with Gasteiger partial charge in [0.05, 0.1) is 11.3 Å². The molecule has 1 aromatic heterocycles. The maximum Gasteiger partial charge on any atom is 0.416 e. The number of anilines is 2. The minimum absolute atomic E-state index is 0.0682. The minimum Gasteiger partial charge on any atom is -0.370 e. The van der Waals surface area contributed by atoms with E-state index in [1.54, 1.807) is 6.92 Å². The Morgan fingerprint density at radius 1 is 1.33 bits per heavy atom. The Kier molecular flexibility index (Phi) is 5.43. The number of nitrogens with zero attached hydrogens (tertiary/aromatic N) is 2. The normalized spacial score (nSPS) is 12.3. The SMILES string of the molecule is CCNc1cc(C(F)(F)F)cc(N(C)CCS(C)(=O)=O)n1. The lowest BCUT2D eigenvalue weighted by atomic mass is 10.2. The largest absolute Gasteiger partial charge is 0.416 e. The molecule has 21 heavy (non-hydrogen) atoms. The van der Waals surface area contributed by atoms with E-state index in [4.69, 9.17) is 0 Å². The first-order chi connectivity index (χ1) is 9.53. The lowest BCUT2D eigenvalue weighted by molar-refractivity contribution is -0.137. The van der Waals surface area contributed by atoms with E-state index in [1.807, 2.05) is 0 Å². The molecule has 1 N–H and O–H groups in total. The van der Waals surface area contributed by atoms with Gasteiger partial charge in [-0.1, -0.05) is 0 Å². The number of halogens is 3. The smallest absolute Gasteiger partial charge is 0.370 e. The first-order valence-corrected chi connectivity index (χ1v) is 8.31. The molecular formula is C12H18F3N3O2S. The van der Waals surface area contributed by atoms with Gasteiger partial charge in [0.2, 0.25) is 0 Å². The average molecular weight is 325 g/mol. The summed E-state index contributed by atoms with van der Waals surface area (Å²) in [5.74, 6) is 0.0239. The standard InChI is InChI=1S/C12H18F3N3O2S/c1-4-16-10-7-9(12(13,14)15)8-11(17-10)18(2)5-6-21(3,19)20/h7-8H,4-6H2,1-3H3,(H,16,17). The van der Waals surface area contributed by atoms with E-state index in [0.717, 1.165) is 18.4 Å². The summed E-state index contributed by atoms with van der Waals surface area (Å²) >= 11 is 0. The van der Waals surface area contributed by atoms with Crippen LogP contribution in [0.1, 0.15) is 12.5 Å². The second-order valence-electron chi connectivity index (χ2n) is 4.68. The summed E-state index contributed by atoms with van der Waals surface area (Å²) in [5.41, 5.74) is -0.824. The molecule has 0 amide bonds. The van der Waals surface area contributed by atoms with Gasteiger partial charge in [-0.2, -0.15) is 13.2 Å². The van der Waals surface area contributed by atoms with Gasteiger partial charge in [0.1, 0.15) is 21.5 Å². The van der Waals surface area contributed by atoms with Gasteiger partial charge in [-0.25, -0.2) is 13.4 Å². The van der Waals surface area contributed by atoms with Crippen LogP contribution in [0.3, 0.4) is 0 Å². The van der Waals surface area contributed by atoms with Crippen molar-refractivity contribution in [3.8, 4) is 0 Å². The van der Waals surface area contributed by atoms with Crippen LogP contribution in [0, 0.1) is 0 Å². The summed E-state index contributed by atoms with van der Waals surface area (Å²) < 4.78 is 60.8. The summed E-state index contributed by atoms with van der Waals surface area (Å²) in [4.78, 5) is 5.44. The van der Waals surface area contributed by atoms with Gasteiger partial charge in [0, 0.05) is 26.4 Å². The van der Waals surface area contributed by atoms with Crippen LogP contribution in [0.4, 0.5) is 24.8 Å². The molecule has 120 valence electrons. The molecule has 1 heterocycles. The molecule has 0 fully saturated rings. The molecule has 0 saturated carbocycles. The van der Waals surface area contributed by atoms with E-state index < -0.39 is 21.6 Å². The van der Waals surface area contributed by atoms with Crippen molar-refractivity contribution in [1.29, 1.82) is 0 Å². The zero-order valence-corrected chi connectivity index (χ0v) is 12.8. The molecular weight excluding hydrogens is 307 g/mol. The maximum absolute atomic E-state index is 12.9. The second kappa shape index (κ2) is 6.50. The zero-order valence-electron chi connectivity index (χ0n) is 12.0. The molecule has 0 aliphatic carbocycles. The Bertz CT molecular complexity index is 588. The highest BCUT2D eigenvalue weighted by atomic mass is 32.2. The van der Waals surface area contributed by atoms with Crippen molar-refractivity contribution in [3.63, 3.8) is 0 Å². The summed E-state index contributed by atoms with van der Waals surface area (Å²) in [5, 5.41) is 2.73. The Hall–Kier alpha value is -1.51. The molecule has 5 nitrogen and oxygen atoms in total. The van der Waals surface area contributed by atoms with Crippen molar-refractivity contribution < 1.29 is 21.6 Å². The molecule has 0 aliphatic rings. The van der Waals surface area contributed by atoms with Crippen LogP contribution in [0.2, 0.25) is 0 Å². The molecule has 1 aromatic rings. The van der Waals surface area contributed by atoms with Gasteiger partial charge in [-0.15, -0.1) is 0 Å². The highest BCUT2D eigenvalue weighted by Crippen LogP contribution is 2.32. The van der Waals surface area contributed by atoms with Crippen molar-refractivity contribution in [1.82, 2.24) is 4.98 Å². The fourth-order valence-electron chi connectivity index (χ4n) is 1.56. The van der Waals surface area contributed by atoms with Crippen LogP contribution in [0.25, 0.3) is 0 Å². The van der Waals surface area contributed by atoms with Crippen LogP contribution in [-0.4, -0.2) is 45.5 Å². The lowest BCUT2D eigenvalue weighted by Gasteiger charge is -2.20. The van der Waals surface area contributed by atoms with Crippen LogP contribution < -0.4 is 10.2 Å². The highest BCUT2D eigenvalue weighted by molar-refractivity contribution is 7.90. The number of hydrogen-bond acceptors (Lipinski definition) is 5. The Labute approximate surface area is 122 Å².